The zero-order chi connectivity index (χ0) is 19.8. The van der Waals surface area contributed by atoms with Gasteiger partial charge in [0, 0.05) is 24.8 Å². The van der Waals surface area contributed by atoms with Crippen molar-refractivity contribution in [2.24, 2.45) is 0 Å². The molecule has 0 amide bonds. The molecule has 2 aromatic heterocycles. The first-order valence-corrected chi connectivity index (χ1v) is 9.87. The standard InChI is InChI=1S/C22H20FN5O/c23-15-4-6-19-16(11-15)18-3-1-9-28(18)20-7-5-17-22(27-20)21(14(12-24)13-26-17)25-8-2-10-29-19/h4-7,11,13,18,25H,1-3,8-10H2. The summed E-state index contributed by atoms with van der Waals surface area (Å²) >= 11 is 0. The number of fused-ring (bicyclic) bond motifs is 5. The maximum absolute atomic E-state index is 14.1. The minimum absolute atomic E-state index is 0.00470. The molecular formula is C22H20FN5O. The predicted octanol–water partition coefficient (Wildman–Crippen LogP) is 4.18. The van der Waals surface area contributed by atoms with Crippen molar-refractivity contribution < 1.29 is 9.13 Å². The fraction of sp³-hybridized carbons (Fsp3) is 0.318. The number of ether oxygens (including phenoxy) is 1. The zero-order valence-corrected chi connectivity index (χ0v) is 15.9. The fourth-order valence-corrected chi connectivity index (χ4v) is 4.22. The van der Waals surface area contributed by atoms with Crippen LogP contribution in [0.15, 0.2) is 36.5 Å². The van der Waals surface area contributed by atoms with Gasteiger partial charge in [-0.25, -0.2) is 9.37 Å². The summed E-state index contributed by atoms with van der Waals surface area (Å²) in [5, 5.41) is 12.9. The normalized spacial score (nSPS) is 18.5. The molecule has 0 saturated carbocycles. The summed E-state index contributed by atoms with van der Waals surface area (Å²) in [5.41, 5.74) is 3.47. The molecule has 2 bridgehead atoms. The molecule has 0 radical (unpaired) electrons. The lowest BCUT2D eigenvalue weighted by Crippen LogP contribution is -2.24. The van der Waals surface area contributed by atoms with E-state index in [1.807, 2.05) is 12.1 Å². The van der Waals surface area contributed by atoms with Crippen molar-refractivity contribution in [3.8, 4) is 11.8 Å². The highest BCUT2D eigenvalue weighted by Crippen LogP contribution is 2.40. The van der Waals surface area contributed by atoms with Gasteiger partial charge < -0.3 is 15.0 Å². The van der Waals surface area contributed by atoms with Crippen LogP contribution in [0.2, 0.25) is 0 Å². The van der Waals surface area contributed by atoms with Crippen LogP contribution in [0.3, 0.4) is 0 Å². The topological polar surface area (TPSA) is 74.1 Å². The molecule has 1 saturated heterocycles. The Hall–Kier alpha value is -3.40. The van der Waals surface area contributed by atoms with Crippen molar-refractivity contribution in [1.82, 2.24) is 9.97 Å². The Morgan fingerprint density at radius 2 is 2.17 bits per heavy atom. The molecule has 2 aliphatic rings. The second-order valence-electron chi connectivity index (χ2n) is 7.36. The van der Waals surface area contributed by atoms with E-state index in [0.717, 1.165) is 48.5 Å². The summed E-state index contributed by atoms with van der Waals surface area (Å²) in [7, 11) is 0. The monoisotopic (exact) mass is 389 g/mol. The molecular weight excluding hydrogens is 369 g/mol. The van der Waals surface area contributed by atoms with E-state index in [9.17, 15) is 9.65 Å². The number of aromatic nitrogens is 2. The third-order valence-electron chi connectivity index (χ3n) is 5.58. The molecule has 5 rings (SSSR count). The van der Waals surface area contributed by atoms with Crippen LogP contribution >= 0.6 is 0 Å². The molecule has 1 unspecified atom stereocenters. The van der Waals surface area contributed by atoms with Crippen molar-refractivity contribution in [2.45, 2.75) is 25.3 Å². The molecule has 6 nitrogen and oxygen atoms in total. The second-order valence-corrected chi connectivity index (χ2v) is 7.36. The molecule has 3 aromatic rings. The predicted molar refractivity (Wildman–Crippen MR) is 109 cm³/mol. The number of anilines is 2. The second kappa shape index (κ2) is 7.21. The molecule has 1 fully saturated rings. The Balaban J connectivity index is 1.69. The van der Waals surface area contributed by atoms with Crippen LogP contribution in [0.5, 0.6) is 5.75 Å². The Kier molecular flexibility index (Phi) is 4.39. The number of nitriles is 1. The SMILES string of the molecule is N#Cc1cnc2ccc3nc2c1NCCCOc1ccc(F)cc1C1CCCN31. The smallest absolute Gasteiger partial charge is 0.129 e. The Morgan fingerprint density at radius 1 is 1.24 bits per heavy atom. The molecule has 2 aliphatic heterocycles. The average molecular weight is 389 g/mol. The fourth-order valence-electron chi connectivity index (χ4n) is 4.22. The Bertz CT molecular complexity index is 1130. The van der Waals surface area contributed by atoms with E-state index in [-0.39, 0.29) is 11.9 Å². The molecule has 146 valence electrons. The van der Waals surface area contributed by atoms with Crippen LogP contribution < -0.4 is 15.0 Å². The molecule has 1 aromatic carbocycles. The van der Waals surface area contributed by atoms with E-state index < -0.39 is 0 Å². The highest BCUT2D eigenvalue weighted by Gasteiger charge is 2.30. The summed E-state index contributed by atoms with van der Waals surface area (Å²) < 4.78 is 20.1. The maximum Gasteiger partial charge on any atom is 0.129 e. The molecule has 1 N–H and O–H groups in total. The summed E-state index contributed by atoms with van der Waals surface area (Å²) in [6.07, 6.45) is 4.21. The van der Waals surface area contributed by atoms with E-state index in [0.29, 0.717) is 29.9 Å². The highest BCUT2D eigenvalue weighted by atomic mass is 19.1. The Morgan fingerprint density at radius 3 is 3.07 bits per heavy atom. The number of hydrogen-bond acceptors (Lipinski definition) is 6. The van der Waals surface area contributed by atoms with Gasteiger partial charge in [-0.05, 0) is 49.6 Å². The van der Waals surface area contributed by atoms with Gasteiger partial charge in [-0.1, -0.05) is 0 Å². The minimum Gasteiger partial charge on any atom is -0.493 e. The number of halogens is 1. The molecule has 1 atom stereocenters. The number of rotatable bonds is 0. The average Bonchev–Trinajstić information content (AvgIpc) is 3.23. The Labute approximate surface area is 167 Å². The van der Waals surface area contributed by atoms with Crippen LogP contribution in [-0.4, -0.2) is 29.7 Å². The minimum atomic E-state index is -0.262. The van der Waals surface area contributed by atoms with Crippen molar-refractivity contribution in [3.63, 3.8) is 0 Å². The number of nitrogens with zero attached hydrogens (tertiary/aromatic N) is 4. The van der Waals surface area contributed by atoms with E-state index in [2.05, 4.69) is 21.3 Å². The van der Waals surface area contributed by atoms with Crippen LogP contribution in [0.4, 0.5) is 15.9 Å². The van der Waals surface area contributed by atoms with E-state index in [1.165, 1.54) is 6.07 Å². The lowest BCUT2D eigenvalue weighted by molar-refractivity contribution is 0.309. The third-order valence-corrected chi connectivity index (χ3v) is 5.58. The van der Waals surface area contributed by atoms with Crippen molar-refractivity contribution in [3.05, 3.63) is 53.5 Å². The quantitative estimate of drug-likeness (QED) is 0.622. The van der Waals surface area contributed by atoms with Gasteiger partial charge in [0.25, 0.3) is 0 Å². The van der Waals surface area contributed by atoms with Crippen LogP contribution in [-0.2, 0) is 0 Å². The first-order chi connectivity index (χ1) is 14.2. The van der Waals surface area contributed by atoms with Crippen molar-refractivity contribution in [2.75, 3.05) is 29.9 Å². The summed E-state index contributed by atoms with van der Waals surface area (Å²) in [6, 6.07) is 10.8. The molecule has 0 aliphatic carbocycles. The van der Waals surface area contributed by atoms with Gasteiger partial charge in [0.15, 0.2) is 0 Å². The van der Waals surface area contributed by atoms with Crippen molar-refractivity contribution in [1.29, 1.82) is 5.26 Å². The molecule has 29 heavy (non-hydrogen) atoms. The van der Waals surface area contributed by atoms with Crippen LogP contribution in [0.1, 0.15) is 36.4 Å². The van der Waals surface area contributed by atoms with Gasteiger partial charge in [0.05, 0.1) is 29.4 Å². The van der Waals surface area contributed by atoms with E-state index >= 15 is 0 Å². The summed E-state index contributed by atoms with van der Waals surface area (Å²) in [4.78, 5) is 11.5. The lowest BCUT2D eigenvalue weighted by Gasteiger charge is -2.27. The zero-order valence-electron chi connectivity index (χ0n) is 15.9. The molecule has 7 heteroatoms. The third kappa shape index (κ3) is 3.11. The first-order valence-electron chi connectivity index (χ1n) is 9.87. The molecule has 4 heterocycles. The van der Waals surface area contributed by atoms with Gasteiger partial charge in [-0.2, -0.15) is 5.26 Å². The first kappa shape index (κ1) is 17.7. The van der Waals surface area contributed by atoms with E-state index in [1.54, 1.807) is 18.3 Å². The van der Waals surface area contributed by atoms with Crippen LogP contribution in [0, 0.1) is 17.1 Å². The highest BCUT2D eigenvalue weighted by molar-refractivity contribution is 5.91. The van der Waals surface area contributed by atoms with E-state index in [4.69, 9.17) is 9.72 Å². The van der Waals surface area contributed by atoms with Crippen LogP contribution in [0.25, 0.3) is 11.0 Å². The van der Waals surface area contributed by atoms with Gasteiger partial charge in [-0.3, -0.25) is 4.98 Å². The summed E-state index contributed by atoms with van der Waals surface area (Å²) in [5.74, 6) is 1.26. The largest absolute Gasteiger partial charge is 0.493 e. The van der Waals surface area contributed by atoms with Gasteiger partial charge >= 0.3 is 0 Å². The maximum atomic E-state index is 14.1. The number of hydrogen-bond donors (Lipinski definition) is 1. The van der Waals surface area contributed by atoms with Gasteiger partial charge in [0.2, 0.25) is 0 Å². The molecule has 0 spiro atoms. The number of benzene rings is 1. The number of nitrogens with one attached hydrogen (secondary N) is 1. The number of pyridine rings is 2. The summed E-state index contributed by atoms with van der Waals surface area (Å²) in [6.45, 7) is 1.95. The lowest BCUT2D eigenvalue weighted by atomic mass is 10.0. The van der Waals surface area contributed by atoms with Crippen molar-refractivity contribution >= 4 is 22.5 Å². The van der Waals surface area contributed by atoms with Gasteiger partial charge in [0.1, 0.15) is 29.0 Å². The van der Waals surface area contributed by atoms with Gasteiger partial charge in [-0.15, -0.1) is 0 Å².